The van der Waals surface area contributed by atoms with E-state index < -0.39 is 0 Å². The molecule has 0 aliphatic heterocycles. The van der Waals surface area contributed by atoms with Crippen molar-refractivity contribution in [2.45, 2.75) is 18.8 Å². The second-order valence-electron chi connectivity index (χ2n) is 2.84. The van der Waals surface area contributed by atoms with Gasteiger partial charge in [0.15, 0.2) is 0 Å². The molecule has 0 aromatic carbocycles. The highest BCUT2D eigenvalue weighted by molar-refractivity contribution is 5.14. The Morgan fingerprint density at radius 2 is 2.40 bits per heavy atom. The minimum absolute atomic E-state index is 0.143. The molecule has 0 bridgehead atoms. The summed E-state index contributed by atoms with van der Waals surface area (Å²) in [5.74, 6) is 1.78. The topological polar surface area (TPSA) is 38.0 Å². The van der Waals surface area contributed by atoms with Gasteiger partial charge in [-0.1, -0.05) is 0 Å². The summed E-state index contributed by atoms with van der Waals surface area (Å²) in [5.41, 5.74) is 0. The first kappa shape index (κ1) is 5.77. The molecule has 0 amide bonds. The lowest BCUT2D eigenvalue weighted by molar-refractivity contribution is 0.455. The molecule has 3 nitrogen and oxygen atoms in total. The van der Waals surface area contributed by atoms with E-state index in [2.05, 4.69) is 4.98 Å². The Bertz CT molecular complexity index is 250. The largest absolute Gasteiger partial charge is 0.492 e. The summed E-state index contributed by atoms with van der Waals surface area (Å²) < 4.78 is 1.90. The zero-order valence-electron chi connectivity index (χ0n) is 5.91. The van der Waals surface area contributed by atoms with Crippen molar-refractivity contribution < 1.29 is 5.11 Å². The summed E-state index contributed by atoms with van der Waals surface area (Å²) >= 11 is 0. The van der Waals surface area contributed by atoms with Gasteiger partial charge in [-0.3, -0.25) is 0 Å². The minimum Gasteiger partial charge on any atom is -0.492 e. The molecule has 3 heteroatoms. The smallest absolute Gasteiger partial charge is 0.229 e. The van der Waals surface area contributed by atoms with Gasteiger partial charge in [-0.2, -0.15) is 4.98 Å². The molecule has 0 radical (unpaired) electrons. The normalized spacial score (nSPS) is 17.7. The summed E-state index contributed by atoms with van der Waals surface area (Å²) in [6, 6.07) is 0. The van der Waals surface area contributed by atoms with Crippen molar-refractivity contribution in [3.05, 3.63) is 12.0 Å². The average molecular weight is 138 g/mol. The van der Waals surface area contributed by atoms with E-state index in [4.69, 9.17) is 5.11 Å². The first-order valence-electron chi connectivity index (χ1n) is 3.49. The molecule has 1 aromatic rings. The number of imidazole rings is 1. The Balaban J connectivity index is 2.38. The molecule has 0 saturated heterocycles. The molecule has 1 heterocycles. The van der Waals surface area contributed by atoms with E-state index in [1.807, 2.05) is 11.6 Å². The van der Waals surface area contributed by atoms with Gasteiger partial charge < -0.3 is 9.67 Å². The Morgan fingerprint density at radius 1 is 1.70 bits per heavy atom. The van der Waals surface area contributed by atoms with E-state index in [1.54, 1.807) is 6.20 Å². The third-order valence-corrected chi connectivity index (χ3v) is 1.84. The molecule has 1 fully saturated rings. The fourth-order valence-electron chi connectivity index (χ4n) is 1.19. The zero-order valence-corrected chi connectivity index (χ0v) is 5.91. The highest BCUT2D eigenvalue weighted by atomic mass is 16.3. The van der Waals surface area contributed by atoms with Gasteiger partial charge in [0.25, 0.3) is 0 Å². The van der Waals surface area contributed by atoms with Crippen LogP contribution in [0.3, 0.4) is 0 Å². The van der Waals surface area contributed by atoms with Crippen LogP contribution in [0.2, 0.25) is 0 Å². The predicted octanol–water partition coefficient (Wildman–Crippen LogP) is 1.00. The number of aromatic nitrogens is 2. The average Bonchev–Trinajstić information content (AvgIpc) is 2.61. The molecule has 0 unspecified atom stereocenters. The van der Waals surface area contributed by atoms with Gasteiger partial charge in [-0.25, -0.2) is 0 Å². The fourth-order valence-corrected chi connectivity index (χ4v) is 1.19. The Kier molecular flexibility index (Phi) is 1.01. The van der Waals surface area contributed by atoms with E-state index >= 15 is 0 Å². The molecule has 1 N–H and O–H groups in total. The number of hydrogen-bond donors (Lipinski definition) is 1. The molecule has 2 rings (SSSR count). The van der Waals surface area contributed by atoms with E-state index in [0.717, 1.165) is 5.82 Å². The lowest BCUT2D eigenvalue weighted by atomic mass is 10.4. The number of aromatic hydroxyl groups is 1. The standard InChI is InChI=1S/C7H10N2O/c1-9-4-6(10)8-7(9)5-2-3-5/h4-5,10H,2-3H2,1H3. The van der Waals surface area contributed by atoms with Crippen molar-refractivity contribution in [2.75, 3.05) is 0 Å². The minimum atomic E-state index is 0.143. The summed E-state index contributed by atoms with van der Waals surface area (Å²) in [7, 11) is 1.92. The van der Waals surface area contributed by atoms with Crippen LogP contribution in [0.5, 0.6) is 5.88 Å². The van der Waals surface area contributed by atoms with Gasteiger partial charge in [-0.15, -0.1) is 0 Å². The molecular weight excluding hydrogens is 128 g/mol. The summed E-state index contributed by atoms with van der Waals surface area (Å²) in [6.45, 7) is 0. The monoisotopic (exact) mass is 138 g/mol. The first-order valence-corrected chi connectivity index (χ1v) is 3.49. The van der Waals surface area contributed by atoms with Crippen LogP contribution in [0.1, 0.15) is 24.6 Å². The number of hydrogen-bond acceptors (Lipinski definition) is 2. The molecule has 0 spiro atoms. The van der Waals surface area contributed by atoms with Gasteiger partial charge in [0.2, 0.25) is 5.88 Å². The van der Waals surface area contributed by atoms with Crippen molar-refractivity contribution in [3.8, 4) is 5.88 Å². The molecule has 1 aliphatic carbocycles. The fraction of sp³-hybridized carbons (Fsp3) is 0.571. The summed E-state index contributed by atoms with van der Waals surface area (Å²) in [6.07, 6.45) is 4.10. The van der Waals surface area contributed by atoms with Gasteiger partial charge in [-0.05, 0) is 12.8 Å². The van der Waals surface area contributed by atoms with Crippen LogP contribution in [0.4, 0.5) is 0 Å². The van der Waals surface area contributed by atoms with Crippen molar-refractivity contribution in [1.29, 1.82) is 0 Å². The molecule has 0 atom stereocenters. The van der Waals surface area contributed by atoms with Crippen molar-refractivity contribution in [3.63, 3.8) is 0 Å². The van der Waals surface area contributed by atoms with E-state index in [-0.39, 0.29) is 5.88 Å². The number of nitrogens with zero attached hydrogens (tertiary/aromatic N) is 2. The van der Waals surface area contributed by atoms with Gasteiger partial charge in [0.05, 0.1) is 6.20 Å². The van der Waals surface area contributed by atoms with E-state index in [9.17, 15) is 0 Å². The Hall–Kier alpha value is -0.990. The van der Waals surface area contributed by atoms with Crippen molar-refractivity contribution in [2.24, 2.45) is 7.05 Å². The molecule has 54 valence electrons. The highest BCUT2D eigenvalue weighted by Gasteiger charge is 2.27. The maximum Gasteiger partial charge on any atom is 0.229 e. The second-order valence-corrected chi connectivity index (χ2v) is 2.84. The summed E-state index contributed by atoms with van der Waals surface area (Å²) in [5, 5.41) is 8.98. The maximum absolute atomic E-state index is 8.98. The van der Waals surface area contributed by atoms with Crippen LogP contribution in [0.15, 0.2) is 6.20 Å². The number of aryl methyl sites for hydroxylation is 1. The molecule has 1 aliphatic rings. The predicted molar refractivity (Wildman–Crippen MR) is 36.8 cm³/mol. The molecule has 1 saturated carbocycles. The first-order chi connectivity index (χ1) is 4.77. The quantitative estimate of drug-likeness (QED) is 0.628. The molecule has 1 aromatic heterocycles. The summed E-state index contributed by atoms with van der Waals surface area (Å²) in [4.78, 5) is 3.99. The van der Waals surface area contributed by atoms with Crippen LogP contribution in [0, 0.1) is 0 Å². The lowest BCUT2D eigenvalue weighted by Gasteiger charge is -1.94. The van der Waals surface area contributed by atoms with E-state index in [0.29, 0.717) is 5.92 Å². The van der Waals surface area contributed by atoms with Crippen molar-refractivity contribution in [1.82, 2.24) is 9.55 Å². The van der Waals surface area contributed by atoms with E-state index in [1.165, 1.54) is 12.8 Å². The Morgan fingerprint density at radius 3 is 2.80 bits per heavy atom. The molecular formula is C7H10N2O. The van der Waals surface area contributed by atoms with Crippen LogP contribution >= 0.6 is 0 Å². The van der Waals surface area contributed by atoms with Gasteiger partial charge >= 0.3 is 0 Å². The van der Waals surface area contributed by atoms with Crippen molar-refractivity contribution >= 4 is 0 Å². The van der Waals surface area contributed by atoms with Crippen LogP contribution in [0.25, 0.3) is 0 Å². The highest BCUT2D eigenvalue weighted by Crippen LogP contribution is 2.39. The third-order valence-electron chi connectivity index (χ3n) is 1.84. The van der Waals surface area contributed by atoms with Crippen LogP contribution in [-0.2, 0) is 7.05 Å². The second kappa shape index (κ2) is 1.75. The van der Waals surface area contributed by atoms with Gasteiger partial charge in [0, 0.05) is 13.0 Å². The SMILES string of the molecule is Cn1cc(O)nc1C1CC1. The third kappa shape index (κ3) is 0.781. The molecule has 10 heavy (non-hydrogen) atoms. The zero-order chi connectivity index (χ0) is 7.14. The lowest BCUT2D eigenvalue weighted by Crippen LogP contribution is -1.92. The number of rotatable bonds is 1. The Labute approximate surface area is 59.3 Å². The van der Waals surface area contributed by atoms with Crippen LogP contribution in [-0.4, -0.2) is 14.7 Å². The van der Waals surface area contributed by atoms with Gasteiger partial charge in [0.1, 0.15) is 5.82 Å². The maximum atomic E-state index is 8.98. The van der Waals surface area contributed by atoms with Crippen LogP contribution < -0.4 is 0 Å².